The first-order chi connectivity index (χ1) is 11.3. The second-order valence-electron chi connectivity index (χ2n) is 7.50. The molecule has 0 aromatic heterocycles. The second kappa shape index (κ2) is 8.81. The fourth-order valence-electron chi connectivity index (χ4n) is 4.39. The van der Waals surface area contributed by atoms with E-state index in [0.717, 1.165) is 32.1 Å². The van der Waals surface area contributed by atoms with Crippen LogP contribution in [0.5, 0.6) is 0 Å². The molecule has 1 aliphatic heterocycles. The molecule has 0 bridgehead atoms. The molecule has 3 heteroatoms. The molecule has 1 saturated carbocycles. The third-order valence-corrected chi connectivity index (χ3v) is 5.66. The summed E-state index contributed by atoms with van der Waals surface area (Å²) < 4.78 is 0. The molecule has 1 heterocycles. The average molecular weight is 316 g/mol. The molecule has 1 aromatic carbocycles. The fraction of sp³-hybridized carbons (Fsp3) is 0.700. The van der Waals surface area contributed by atoms with Gasteiger partial charge in [-0.15, -0.1) is 0 Å². The number of nitrogens with zero attached hydrogens (tertiary/aromatic N) is 1. The van der Waals surface area contributed by atoms with Crippen molar-refractivity contribution in [2.75, 3.05) is 32.7 Å². The summed E-state index contributed by atoms with van der Waals surface area (Å²) in [5.41, 5.74) is 7.30. The Kier molecular flexibility index (Phi) is 6.49. The average Bonchev–Trinajstić information content (AvgIpc) is 2.62. The topological polar surface area (TPSA) is 41.3 Å². The second-order valence-corrected chi connectivity index (χ2v) is 7.50. The maximum absolute atomic E-state index is 5.82. The van der Waals surface area contributed by atoms with E-state index in [1.165, 1.54) is 50.6 Å². The summed E-state index contributed by atoms with van der Waals surface area (Å²) in [5.74, 6) is 1.55. The number of benzene rings is 1. The summed E-state index contributed by atoms with van der Waals surface area (Å²) in [6.07, 6.45) is 8.42. The Bertz CT molecular complexity index is 441. The Morgan fingerprint density at radius 3 is 2.57 bits per heavy atom. The van der Waals surface area contributed by atoms with Gasteiger partial charge in [0, 0.05) is 32.2 Å². The third-order valence-electron chi connectivity index (χ3n) is 5.66. The summed E-state index contributed by atoms with van der Waals surface area (Å²) in [4.78, 5) is 2.56. The van der Waals surface area contributed by atoms with Gasteiger partial charge >= 0.3 is 0 Å². The zero-order valence-corrected chi connectivity index (χ0v) is 14.4. The van der Waals surface area contributed by atoms with Crippen LogP contribution in [0.2, 0.25) is 0 Å². The third kappa shape index (κ3) is 5.03. The van der Waals surface area contributed by atoms with Gasteiger partial charge in [0.05, 0.1) is 0 Å². The molecule has 1 aromatic rings. The van der Waals surface area contributed by atoms with E-state index in [1.807, 2.05) is 0 Å². The number of nitrogens with one attached hydrogen (secondary N) is 1. The van der Waals surface area contributed by atoms with Crippen LogP contribution < -0.4 is 11.1 Å². The molecule has 3 rings (SSSR count). The van der Waals surface area contributed by atoms with Crippen LogP contribution >= 0.6 is 0 Å². The van der Waals surface area contributed by atoms with E-state index in [9.17, 15) is 0 Å². The lowest BCUT2D eigenvalue weighted by molar-refractivity contribution is 0.169. The molecule has 0 amide bonds. The van der Waals surface area contributed by atoms with E-state index in [4.69, 9.17) is 5.73 Å². The highest BCUT2D eigenvalue weighted by Crippen LogP contribution is 2.28. The Labute approximate surface area is 141 Å². The minimum absolute atomic E-state index is 0.613. The maximum atomic E-state index is 5.82. The molecule has 3 N–H and O–H groups in total. The Hall–Kier alpha value is -0.900. The Balaban J connectivity index is 1.57. The van der Waals surface area contributed by atoms with Gasteiger partial charge in [-0.25, -0.2) is 0 Å². The SMILES string of the molecule is NCCN1CC(NCC2CCCCC2)CC(c2ccccc2)C1. The van der Waals surface area contributed by atoms with Gasteiger partial charge in [0.25, 0.3) is 0 Å². The normalized spacial score (nSPS) is 27.2. The zero-order chi connectivity index (χ0) is 15.9. The maximum Gasteiger partial charge on any atom is 0.0201 e. The number of hydrogen-bond acceptors (Lipinski definition) is 3. The molecule has 1 saturated heterocycles. The largest absolute Gasteiger partial charge is 0.329 e. The Morgan fingerprint density at radius 1 is 1.04 bits per heavy atom. The predicted molar refractivity (Wildman–Crippen MR) is 97.7 cm³/mol. The van der Waals surface area contributed by atoms with Crippen molar-refractivity contribution < 1.29 is 0 Å². The molecule has 3 nitrogen and oxygen atoms in total. The first kappa shape index (κ1) is 16.9. The van der Waals surface area contributed by atoms with E-state index >= 15 is 0 Å². The van der Waals surface area contributed by atoms with Gasteiger partial charge in [0.2, 0.25) is 0 Å². The summed E-state index contributed by atoms with van der Waals surface area (Å²) in [7, 11) is 0. The quantitative estimate of drug-likeness (QED) is 0.848. The number of likely N-dealkylation sites (tertiary alicyclic amines) is 1. The van der Waals surface area contributed by atoms with Crippen LogP contribution in [0, 0.1) is 5.92 Å². The van der Waals surface area contributed by atoms with Crippen molar-refractivity contribution in [1.82, 2.24) is 10.2 Å². The van der Waals surface area contributed by atoms with E-state index in [2.05, 4.69) is 40.5 Å². The molecular weight excluding hydrogens is 282 g/mol. The highest BCUT2D eigenvalue weighted by molar-refractivity contribution is 5.21. The number of hydrogen-bond donors (Lipinski definition) is 2. The van der Waals surface area contributed by atoms with Gasteiger partial charge in [-0.2, -0.15) is 0 Å². The first-order valence-electron chi connectivity index (χ1n) is 9.56. The van der Waals surface area contributed by atoms with E-state index in [-0.39, 0.29) is 0 Å². The smallest absolute Gasteiger partial charge is 0.0201 e. The monoisotopic (exact) mass is 315 g/mol. The molecule has 2 aliphatic rings. The van der Waals surface area contributed by atoms with E-state index < -0.39 is 0 Å². The van der Waals surface area contributed by atoms with Crippen LogP contribution in [-0.4, -0.2) is 43.7 Å². The standard InChI is InChI=1S/C20H33N3/c21-11-12-23-15-19(18-9-5-2-6-10-18)13-20(16-23)22-14-17-7-3-1-4-8-17/h2,5-6,9-10,17,19-20,22H,1,3-4,7-8,11-16,21H2. The lowest BCUT2D eigenvalue weighted by Gasteiger charge is -2.39. The Morgan fingerprint density at radius 2 is 1.83 bits per heavy atom. The highest BCUT2D eigenvalue weighted by Gasteiger charge is 2.28. The highest BCUT2D eigenvalue weighted by atomic mass is 15.2. The van der Waals surface area contributed by atoms with Crippen molar-refractivity contribution in [2.24, 2.45) is 11.7 Å². The van der Waals surface area contributed by atoms with Gasteiger partial charge in [-0.1, -0.05) is 49.6 Å². The summed E-state index contributed by atoms with van der Waals surface area (Å²) in [6.45, 7) is 5.31. The molecule has 0 spiro atoms. The van der Waals surface area contributed by atoms with Gasteiger partial charge in [-0.05, 0) is 43.2 Å². The van der Waals surface area contributed by atoms with Crippen molar-refractivity contribution in [1.29, 1.82) is 0 Å². The van der Waals surface area contributed by atoms with Crippen LogP contribution in [0.4, 0.5) is 0 Å². The summed E-state index contributed by atoms with van der Waals surface area (Å²) in [5, 5.41) is 3.90. The van der Waals surface area contributed by atoms with E-state index in [1.54, 1.807) is 0 Å². The van der Waals surface area contributed by atoms with Crippen LogP contribution in [0.3, 0.4) is 0 Å². The fourth-order valence-corrected chi connectivity index (χ4v) is 4.39. The molecular formula is C20H33N3. The summed E-state index contributed by atoms with van der Waals surface area (Å²) >= 11 is 0. The molecule has 0 radical (unpaired) electrons. The molecule has 2 unspecified atom stereocenters. The van der Waals surface area contributed by atoms with E-state index in [0.29, 0.717) is 12.0 Å². The van der Waals surface area contributed by atoms with Crippen molar-refractivity contribution in [3.8, 4) is 0 Å². The lowest BCUT2D eigenvalue weighted by Crippen LogP contribution is -2.50. The molecule has 128 valence electrons. The molecule has 2 atom stereocenters. The number of piperidine rings is 1. The van der Waals surface area contributed by atoms with Crippen molar-refractivity contribution in [3.63, 3.8) is 0 Å². The van der Waals surface area contributed by atoms with Crippen LogP contribution in [0.1, 0.15) is 50.0 Å². The van der Waals surface area contributed by atoms with Crippen LogP contribution in [-0.2, 0) is 0 Å². The van der Waals surface area contributed by atoms with Crippen LogP contribution in [0.25, 0.3) is 0 Å². The van der Waals surface area contributed by atoms with Crippen molar-refractivity contribution >= 4 is 0 Å². The minimum atomic E-state index is 0.613. The predicted octanol–water partition coefficient (Wildman–Crippen LogP) is 2.97. The molecule has 2 fully saturated rings. The van der Waals surface area contributed by atoms with Gasteiger partial charge in [0.15, 0.2) is 0 Å². The van der Waals surface area contributed by atoms with Crippen molar-refractivity contribution in [2.45, 2.75) is 50.5 Å². The zero-order valence-electron chi connectivity index (χ0n) is 14.4. The molecule has 23 heavy (non-hydrogen) atoms. The number of rotatable bonds is 6. The number of nitrogens with two attached hydrogens (primary N) is 1. The molecule has 1 aliphatic carbocycles. The van der Waals surface area contributed by atoms with Gasteiger partial charge in [-0.3, -0.25) is 4.90 Å². The van der Waals surface area contributed by atoms with Crippen molar-refractivity contribution in [3.05, 3.63) is 35.9 Å². The summed E-state index contributed by atoms with van der Waals surface area (Å²) in [6, 6.07) is 11.6. The van der Waals surface area contributed by atoms with Crippen LogP contribution in [0.15, 0.2) is 30.3 Å². The minimum Gasteiger partial charge on any atom is -0.329 e. The van der Waals surface area contributed by atoms with Gasteiger partial charge in [0.1, 0.15) is 0 Å². The lowest BCUT2D eigenvalue weighted by atomic mass is 9.86. The van der Waals surface area contributed by atoms with Gasteiger partial charge < -0.3 is 11.1 Å². The first-order valence-corrected chi connectivity index (χ1v) is 9.56.